The molecule has 0 atom stereocenters. The number of amides is 1. The van der Waals surface area contributed by atoms with Gasteiger partial charge in [0.05, 0.1) is 22.3 Å². The van der Waals surface area contributed by atoms with E-state index in [1.54, 1.807) is 47.4 Å². The molecule has 0 unspecified atom stereocenters. The third-order valence-electron chi connectivity index (χ3n) is 3.85. The monoisotopic (exact) mass is 391 g/mol. The van der Waals surface area contributed by atoms with Crippen molar-refractivity contribution in [2.24, 2.45) is 4.99 Å². The van der Waals surface area contributed by atoms with E-state index in [2.05, 4.69) is 10.3 Å². The van der Waals surface area contributed by atoms with Crippen molar-refractivity contribution < 1.29 is 9.53 Å². The Morgan fingerprint density at radius 3 is 2.73 bits per heavy atom. The van der Waals surface area contributed by atoms with Crippen molar-refractivity contribution in [3.8, 4) is 5.75 Å². The number of nitrogens with zero attached hydrogens (tertiary/aromatic N) is 2. The zero-order valence-corrected chi connectivity index (χ0v) is 15.8. The van der Waals surface area contributed by atoms with Crippen LogP contribution in [0.2, 0.25) is 10.0 Å². The fourth-order valence-electron chi connectivity index (χ4n) is 2.54. The molecule has 7 heteroatoms. The molecule has 2 aromatic rings. The smallest absolute Gasteiger partial charge is 0.260 e. The molecule has 0 aromatic heterocycles. The van der Waals surface area contributed by atoms with E-state index in [0.717, 1.165) is 12.2 Å². The SMILES string of the molecule is CCCOc1ccc(C(=O)N2CCNC2=Nc2cccc(Cl)c2Cl)cc1. The molecule has 136 valence electrons. The Morgan fingerprint density at radius 2 is 2.00 bits per heavy atom. The van der Waals surface area contributed by atoms with Crippen molar-refractivity contribution in [3.63, 3.8) is 0 Å². The fourth-order valence-corrected chi connectivity index (χ4v) is 2.88. The van der Waals surface area contributed by atoms with Gasteiger partial charge in [0.1, 0.15) is 5.75 Å². The number of carbonyl (C=O) groups excluding carboxylic acids is 1. The van der Waals surface area contributed by atoms with E-state index < -0.39 is 0 Å². The highest BCUT2D eigenvalue weighted by molar-refractivity contribution is 6.43. The molecular formula is C19H19Cl2N3O2. The Bertz CT molecular complexity index is 822. The summed E-state index contributed by atoms with van der Waals surface area (Å²) in [5.74, 6) is 1.09. The van der Waals surface area contributed by atoms with E-state index in [1.807, 2.05) is 6.92 Å². The molecule has 5 nitrogen and oxygen atoms in total. The number of halogens is 2. The van der Waals surface area contributed by atoms with Crippen LogP contribution in [-0.4, -0.2) is 36.5 Å². The summed E-state index contributed by atoms with van der Waals surface area (Å²) < 4.78 is 5.55. The molecule has 1 N–H and O–H groups in total. The first-order chi connectivity index (χ1) is 12.6. The minimum atomic E-state index is -0.131. The average molecular weight is 392 g/mol. The first kappa shape index (κ1) is 18.5. The van der Waals surface area contributed by atoms with Crippen LogP contribution in [0, 0.1) is 0 Å². The van der Waals surface area contributed by atoms with E-state index in [1.165, 1.54) is 0 Å². The van der Waals surface area contributed by atoms with Gasteiger partial charge in [-0.25, -0.2) is 4.99 Å². The van der Waals surface area contributed by atoms with Crippen molar-refractivity contribution >= 4 is 40.8 Å². The maximum absolute atomic E-state index is 12.8. The van der Waals surface area contributed by atoms with Crippen LogP contribution in [-0.2, 0) is 0 Å². The molecule has 0 saturated carbocycles. The van der Waals surface area contributed by atoms with Gasteiger partial charge in [-0.1, -0.05) is 36.2 Å². The zero-order valence-electron chi connectivity index (χ0n) is 14.3. The van der Waals surface area contributed by atoms with Crippen molar-refractivity contribution in [2.45, 2.75) is 13.3 Å². The van der Waals surface area contributed by atoms with Crippen LogP contribution in [0.15, 0.2) is 47.5 Å². The van der Waals surface area contributed by atoms with Crippen molar-refractivity contribution in [1.29, 1.82) is 0 Å². The molecule has 2 aromatic carbocycles. The summed E-state index contributed by atoms with van der Waals surface area (Å²) in [7, 11) is 0. The van der Waals surface area contributed by atoms with Gasteiger partial charge in [-0.2, -0.15) is 0 Å². The molecule has 1 aliphatic heterocycles. The van der Waals surface area contributed by atoms with E-state index in [0.29, 0.717) is 47.0 Å². The maximum atomic E-state index is 12.8. The van der Waals surface area contributed by atoms with Crippen molar-refractivity contribution in [1.82, 2.24) is 10.2 Å². The second-order valence-electron chi connectivity index (χ2n) is 5.76. The van der Waals surface area contributed by atoms with Crippen LogP contribution in [0.3, 0.4) is 0 Å². The minimum absolute atomic E-state index is 0.131. The van der Waals surface area contributed by atoms with Gasteiger partial charge in [0, 0.05) is 18.7 Å². The van der Waals surface area contributed by atoms with Crippen LogP contribution in [0.5, 0.6) is 5.75 Å². The Balaban J connectivity index is 1.80. The number of benzene rings is 2. The lowest BCUT2D eigenvalue weighted by Gasteiger charge is -2.16. The Hall–Kier alpha value is -2.24. The molecule has 0 radical (unpaired) electrons. The summed E-state index contributed by atoms with van der Waals surface area (Å²) in [6.07, 6.45) is 0.937. The van der Waals surface area contributed by atoms with Crippen LogP contribution in [0.25, 0.3) is 0 Å². The van der Waals surface area contributed by atoms with E-state index in [9.17, 15) is 4.79 Å². The Morgan fingerprint density at radius 1 is 1.23 bits per heavy atom. The van der Waals surface area contributed by atoms with Gasteiger partial charge in [0.2, 0.25) is 5.96 Å². The first-order valence-corrected chi connectivity index (χ1v) is 9.17. The molecule has 0 spiro atoms. The standard InChI is InChI=1S/C19H19Cl2N3O2/c1-2-12-26-14-8-6-13(7-9-14)18(25)24-11-10-22-19(24)23-16-5-3-4-15(20)17(16)21/h3-9H,2,10-12H2,1H3,(H,22,23). The maximum Gasteiger partial charge on any atom is 0.260 e. The number of aliphatic imine (C=N–C) groups is 1. The van der Waals surface area contributed by atoms with Gasteiger partial charge in [-0.3, -0.25) is 9.69 Å². The zero-order chi connectivity index (χ0) is 18.5. The second kappa shape index (κ2) is 8.43. The normalized spacial score (nSPS) is 15.2. The summed E-state index contributed by atoms with van der Waals surface area (Å²) in [6, 6.07) is 12.3. The van der Waals surface area contributed by atoms with E-state index in [4.69, 9.17) is 27.9 Å². The highest BCUT2D eigenvalue weighted by atomic mass is 35.5. The highest BCUT2D eigenvalue weighted by Crippen LogP contribution is 2.32. The molecule has 1 saturated heterocycles. The Labute approximate surface area is 162 Å². The molecule has 0 bridgehead atoms. The molecule has 3 rings (SSSR count). The number of ether oxygens (including phenoxy) is 1. The Kier molecular flexibility index (Phi) is 6.01. The summed E-state index contributed by atoms with van der Waals surface area (Å²) in [5.41, 5.74) is 1.09. The summed E-state index contributed by atoms with van der Waals surface area (Å²) in [6.45, 7) is 3.86. The van der Waals surface area contributed by atoms with Crippen LogP contribution >= 0.6 is 23.2 Å². The van der Waals surface area contributed by atoms with Gasteiger partial charge >= 0.3 is 0 Å². The van der Waals surface area contributed by atoms with Gasteiger partial charge in [-0.15, -0.1) is 0 Å². The fraction of sp³-hybridized carbons (Fsp3) is 0.263. The van der Waals surface area contributed by atoms with E-state index in [-0.39, 0.29) is 5.91 Å². The number of hydrogen-bond acceptors (Lipinski definition) is 3. The summed E-state index contributed by atoms with van der Waals surface area (Å²) in [5, 5.41) is 3.90. The number of carbonyl (C=O) groups is 1. The van der Waals surface area contributed by atoms with Gasteiger partial charge < -0.3 is 10.1 Å². The van der Waals surface area contributed by atoms with Crippen LogP contribution in [0.4, 0.5) is 5.69 Å². The van der Waals surface area contributed by atoms with Gasteiger partial charge in [0.25, 0.3) is 5.91 Å². The molecule has 1 fully saturated rings. The number of hydrogen-bond donors (Lipinski definition) is 1. The molecule has 26 heavy (non-hydrogen) atoms. The van der Waals surface area contributed by atoms with Gasteiger partial charge in [-0.05, 0) is 42.8 Å². The quantitative estimate of drug-likeness (QED) is 0.814. The number of rotatable bonds is 5. The van der Waals surface area contributed by atoms with Crippen molar-refractivity contribution in [2.75, 3.05) is 19.7 Å². The molecule has 1 aliphatic rings. The molecular weight excluding hydrogens is 373 g/mol. The minimum Gasteiger partial charge on any atom is -0.494 e. The third kappa shape index (κ3) is 4.11. The third-order valence-corrected chi connectivity index (χ3v) is 4.66. The lowest BCUT2D eigenvalue weighted by molar-refractivity contribution is 0.0859. The van der Waals surface area contributed by atoms with Gasteiger partial charge in [0.15, 0.2) is 0 Å². The average Bonchev–Trinajstić information content (AvgIpc) is 3.12. The lowest BCUT2D eigenvalue weighted by Crippen LogP contribution is -2.35. The second-order valence-corrected chi connectivity index (χ2v) is 6.55. The lowest BCUT2D eigenvalue weighted by atomic mass is 10.2. The first-order valence-electron chi connectivity index (χ1n) is 8.41. The predicted octanol–water partition coefficient (Wildman–Crippen LogP) is 4.52. The van der Waals surface area contributed by atoms with Crippen LogP contribution < -0.4 is 10.1 Å². The summed E-state index contributed by atoms with van der Waals surface area (Å²) in [4.78, 5) is 18.9. The largest absolute Gasteiger partial charge is 0.494 e. The number of guanidine groups is 1. The van der Waals surface area contributed by atoms with Crippen molar-refractivity contribution in [3.05, 3.63) is 58.1 Å². The van der Waals surface area contributed by atoms with Crippen LogP contribution in [0.1, 0.15) is 23.7 Å². The molecule has 0 aliphatic carbocycles. The number of nitrogens with one attached hydrogen (secondary N) is 1. The molecule has 1 heterocycles. The predicted molar refractivity (Wildman–Crippen MR) is 105 cm³/mol. The van der Waals surface area contributed by atoms with E-state index >= 15 is 0 Å². The topological polar surface area (TPSA) is 53.9 Å². The molecule has 1 amide bonds. The summed E-state index contributed by atoms with van der Waals surface area (Å²) >= 11 is 12.2. The highest BCUT2D eigenvalue weighted by Gasteiger charge is 2.26.